The summed E-state index contributed by atoms with van der Waals surface area (Å²) in [4.78, 5) is 26.1. The second-order valence-corrected chi connectivity index (χ2v) is 7.32. The Balaban J connectivity index is 2.02. The lowest BCUT2D eigenvalue weighted by Gasteiger charge is -2.13. The van der Waals surface area contributed by atoms with Crippen LogP contribution in [0.1, 0.15) is 32.3 Å². The average Bonchev–Trinajstić information content (AvgIpc) is 2.83. The molecule has 1 heterocycles. The van der Waals surface area contributed by atoms with Crippen LogP contribution in [0.5, 0.6) is 0 Å². The topological polar surface area (TPSA) is 46.6 Å². The summed E-state index contributed by atoms with van der Waals surface area (Å²) in [6, 6.07) is 9.87. The van der Waals surface area contributed by atoms with E-state index in [4.69, 9.17) is 17.0 Å². The normalized spacial score (nSPS) is 16.6. The second kappa shape index (κ2) is 9.53. The number of carbonyl (C=O) groups is 2. The molecule has 0 atom stereocenters. The van der Waals surface area contributed by atoms with E-state index in [0.717, 1.165) is 24.0 Å². The zero-order valence-corrected chi connectivity index (χ0v) is 16.0. The number of rotatable bonds is 7. The molecule has 0 unspecified atom stereocenters. The molecule has 6 heteroatoms. The molecule has 0 spiro atoms. The number of ether oxygens (including phenoxy) is 1. The number of amides is 1. The summed E-state index contributed by atoms with van der Waals surface area (Å²) in [7, 11) is 0. The molecule has 0 N–H and O–H groups in total. The Kier molecular flexibility index (Phi) is 7.40. The van der Waals surface area contributed by atoms with Crippen LogP contribution in [0.2, 0.25) is 0 Å². The van der Waals surface area contributed by atoms with Crippen molar-refractivity contribution in [3.8, 4) is 0 Å². The second-order valence-electron chi connectivity index (χ2n) is 5.64. The lowest BCUT2D eigenvalue weighted by Crippen LogP contribution is -2.34. The molecule has 0 aliphatic carbocycles. The van der Waals surface area contributed by atoms with Gasteiger partial charge in [0.2, 0.25) is 0 Å². The Morgan fingerprint density at radius 3 is 2.72 bits per heavy atom. The van der Waals surface area contributed by atoms with E-state index in [-0.39, 0.29) is 12.5 Å². The highest BCUT2D eigenvalue weighted by atomic mass is 32.2. The van der Waals surface area contributed by atoms with Gasteiger partial charge >= 0.3 is 5.97 Å². The predicted molar refractivity (Wildman–Crippen MR) is 106 cm³/mol. The molecule has 1 aliphatic heterocycles. The van der Waals surface area contributed by atoms with Crippen molar-refractivity contribution in [2.45, 2.75) is 26.7 Å². The molecule has 25 heavy (non-hydrogen) atoms. The van der Waals surface area contributed by atoms with Gasteiger partial charge in [0.1, 0.15) is 10.9 Å². The summed E-state index contributed by atoms with van der Waals surface area (Å²) < 4.78 is 5.49. The van der Waals surface area contributed by atoms with Crippen LogP contribution in [0, 0.1) is 0 Å². The third-order valence-electron chi connectivity index (χ3n) is 3.47. The first kappa shape index (κ1) is 19.4. The molecule has 1 aliphatic rings. The Labute approximate surface area is 157 Å². The smallest absolute Gasteiger partial charge is 0.326 e. The van der Waals surface area contributed by atoms with Crippen molar-refractivity contribution in [3.05, 3.63) is 52.4 Å². The Bertz CT molecular complexity index is 711. The molecule has 0 bridgehead atoms. The van der Waals surface area contributed by atoms with E-state index in [0.29, 0.717) is 15.8 Å². The Hall–Kier alpha value is -1.92. The molecule has 1 aromatic carbocycles. The van der Waals surface area contributed by atoms with E-state index >= 15 is 0 Å². The molecule has 132 valence electrons. The minimum Gasteiger partial charge on any atom is -0.464 e. The van der Waals surface area contributed by atoms with Crippen LogP contribution < -0.4 is 0 Å². The third-order valence-corrected chi connectivity index (χ3v) is 4.85. The van der Waals surface area contributed by atoms with Crippen LogP contribution in [0.15, 0.2) is 46.9 Å². The van der Waals surface area contributed by atoms with Crippen molar-refractivity contribution in [3.63, 3.8) is 0 Å². The number of carbonyl (C=O) groups excluding carboxylic acids is 2. The SMILES string of the molecule is CCCCOC(=O)CN1C(=O)/C(=C/C(C)=C/c2ccccc2)SC1=S. The van der Waals surface area contributed by atoms with Gasteiger partial charge < -0.3 is 4.74 Å². The quantitative estimate of drug-likeness (QED) is 0.310. The first-order valence-electron chi connectivity index (χ1n) is 8.15. The average molecular weight is 376 g/mol. The summed E-state index contributed by atoms with van der Waals surface area (Å²) >= 11 is 6.44. The number of hydrogen-bond acceptors (Lipinski definition) is 5. The number of allylic oxidation sites excluding steroid dienone is 2. The molecule has 1 fully saturated rings. The Morgan fingerprint density at radius 2 is 2.04 bits per heavy atom. The van der Waals surface area contributed by atoms with Crippen molar-refractivity contribution < 1.29 is 14.3 Å². The van der Waals surface area contributed by atoms with Gasteiger partial charge in [-0.2, -0.15) is 0 Å². The molecule has 1 saturated heterocycles. The first-order chi connectivity index (χ1) is 12.0. The van der Waals surface area contributed by atoms with Gasteiger partial charge in [0, 0.05) is 0 Å². The molecule has 4 nitrogen and oxygen atoms in total. The van der Waals surface area contributed by atoms with Gasteiger partial charge in [0.05, 0.1) is 11.5 Å². The van der Waals surface area contributed by atoms with E-state index in [2.05, 4.69) is 0 Å². The van der Waals surface area contributed by atoms with Crippen LogP contribution in [-0.2, 0) is 14.3 Å². The van der Waals surface area contributed by atoms with Crippen molar-refractivity contribution in [1.82, 2.24) is 4.90 Å². The molecule has 1 aromatic rings. The highest BCUT2D eigenvalue weighted by molar-refractivity contribution is 8.26. The van der Waals surface area contributed by atoms with Gasteiger partial charge in [-0.1, -0.05) is 73.7 Å². The van der Waals surface area contributed by atoms with Gasteiger partial charge in [0.25, 0.3) is 5.91 Å². The molecular formula is C19H21NO3S2. The third kappa shape index (κ3) is 5.83. The van der Waals surface area contributed by atoms with E-state index in [1.165, 1.54) is 16.7 Å². The molecular weight excluding hydrogens is 354 g/mol. The van der Waals surface area contributed by atoms with Gasteiger partial charge in [-0.15, -0.1) is 0 Å². The first-order valence-corrected chi connectivity index (χ1v) is 9.38. The fraction of sp³-hybridized carbons (Fsp3) is 0.316. The largest absolute Gasteiger partial charge is 0.464 e. The summed E-state index contributed by atoms with van der Waals surface area (Å²) in [5, 5.41) is 0. The minimum absolute atomic E-state index is 0.132. The van der Waals surface area contributed by atoms with E-state index in [1.807, 2.05) is 50.3 Å². The minimum atomic E-state index is -0.428. The summed E-state index contributed by atoms with van der Waals surface area (Å²) in [5.41, 5.74) is 2.00. The van der Waals surface area contributed by atoms with Crippen LogP contribution in [0.4, 0.5) is 0 Å². The fourth-order valence-corrected chi connectivity index (χ4v) is 3.51. The van der Waals surface area contributed by atoms with Crippen LogP contribution >= 0.6 is 24.0 Å². The molecule has 0 saturated carbocycles. The number of thiocarbonyl (C=S) groups is 1. The standard InChI is InChI=1S/C19H21NO3S2/c1-3-4-10-23-17(21)13-20-18(22)16(25-19(20)24)12-14(2)11-15-8-6-5-7-9-15/h5-9,11-12H,3-4,10,13H2,1-2H3/b14-11+,16-12-. The zero-order valence-electron chi connectivity index (χ0n) is 14.4. The Morgan fingerprint density at radius 1 is 1.32 bits per heavy atom. The highest BCUT2D eigenvalue weighted by Crippen LogP contribution is 2.31. The maximum absolute atomic E-state index is 12.5. The zero-order chi connectivity index (χ0) is 18.2. The van der Waals surface area contributed by atoms with Crippen molar-refractivity contribution >= 4 is 46.3 Å². The molecule has 0 radical (unpaired) electrons. The maximum atomic E-state index is 12.5. The van der Waals surface area contributed by atoms with E-state index in [9.17, 15) is 9.59 Å². The van der Waals surface area contributed by atoms with Crippen molar-refractivity contribution in [2.75, 3.05) is 13.2 Å². The molecule has 2 rings (SSSR count). The number of thioether (sulfide) groups is 1. The maximum Gasteiger partial charge on any atom is 0.326 e. The van der Waals surface area contributed by atoms with Crippen LogP contribution in [-0.4, -0.2) is 34.2 Å². The van der Waals surface area contributed by atoms with Crippen LogP contribution in [0.3, 0.4) is 0 Å². The number of hydrogen-bond donors (Lipinski definition) is 0. The number of benzene rings is 1. The predicted octanol–water partition coefficient (Wildman–Crippen LogP) is 4.18. The lowest BCUT2D eigenvalue weighted by atomic mass is 10.1. The van der Waals surface area contributed by atoms with Gasteiger partial charge in [-0.3, -0.25) is 14.5 Å². The van der Waals surface area contributed by atoms with Gasteiger partial charge in [-0.25, -0.2) is 0 Å². The lowest BCUT2D eigenvalue weighted by molar-refractivity contribution is -0.146. The van der Waals surface area contributed by atoms with Crippen molar-refractivity contribution in [2.24, 2.45) is 0 Å². The number of esters is 1. The summed E-state index contributed by atoms with van der Waals surface area (Å²) in [6.07, 6.45) is 5.55. The van der Waals surface area contributed by atoms with E-state index in [1.54, 1.807) is 6.08 Å². The molecule has 0 aromatic heterocycles. The van der Waals surface area contributed by atoms with Crippen LogP contribution in [0.25, 0.3) is 6.08 Å². The van der Waals surface area contributed by atoms with Gasteiger partial charge in [-0.05, 0) is 30.6 Å². The highest BCUT2D eigenvalue weighted by Gasteiger charge is 2.33. The van der Waals surface area contributed by atoms with Gasteiger partial charge in [0.15, 0.2) is 0 Å². The van der Waals surface area contributed by atoms with Crippen molar-refractivity contribution in [1.29, 1.82) is 0 Å². The monoisotopic (exact) mass is 375 g/mol. The summed E-state index contributed by atoms with van der Waals surface area (Å²) in [6.45, 7) is 4.19. The number of nitrogens with zero attached hydrogens (tertiary/aromatic N) is 1. The number of unbranched alkanes of at least 4 members (excludes halogenated alkanes) is 1. The summed E-state index contributed by atoms with van der Waals surface area (Å²) in [5.74, 6) is -0.675. The fourth-order valence-electron chi connectivity index (χ4n) is 2.20. The molecule has 1 amide bonds. The van der Waals surface area contributed by atoms with E-state index < -0.39 is 5.97 Å².